The number of halogens is 1. The molecule has 0 saturated carbocycles. The van der Waals surface area contributed by atoms with Gasteiger partial charge in [-0.25, -0.2) is 19.2 Å². The Hall–Kier alpha value is -3.11. The molecule has 10 nitrogen and oxygen atoms in total. The standard InChI is InChI=1S/C18H24ClN3O3.C2H2O4/c1-4-14-16(17(23)25-5-2)15(21-18(24)20-14)11-22(3)10-12-7-6-8-13(19)9-12;3-1(4)2(5)6/h6-9,14H,4-5,10-11H2,1-3H3,(H2,20,21,24);(H,3,4)(H,5,6). The molecule has 1 aromatic carbocycles. The number of urea groups is 1. The third kappa shape index (κ3) is 8.65. The summed E-state index contributed by atoms with van der Waals surface area (Å²) < 4.78 is 5.17. The zero-order valence-electron chi connectivity index (χ0n) is 17.5. The van der Waals surface area contributed by atoms with Gasteiger partial charge in [-0.2, -0.15) is 0 Å². The zero-order valence-corrected chi connectivity index (χ0v) is 18.2. The number of esters is 1. The molecule has 2 rings (SSSR count). The molecule has 11 heteroatoms. The molecule has 0 saturated heterocycles. The van der Waals surface area contributed by atoms with E-state index in [1.54, 1.807) is 6.92 Å². The highest BCUT2D eigenvalue weighted by Crippen LogP contribution is 2.19. The molecule has 2 amide bonds. The summed E-state index contributed by atoms with van der Waals surface area (Å²) in [7, 11) is 1.92. The number of ether oxygens (including phenoxy) is 1. The SMILES string of the molecule is CCOC(=O)C1=C(CN(C)Cc2cccc(Cl)c2)NC(=O)NC1CC.O=C(O)C(=O)O. The van der Waals surface area contributed by atoms with E-state index in [2.05, 4.69) is 10.6 Å². The minimum atomic E-state index is -1.82. The smallest absolute Gasteiger partial charge is 0.414 e. The lowest BCUT2D eigenvalue weighted by Crippen LogP contribution is -2.51. The van der Waals surface area contributed by atoms with Gasteiger partial charge in [-0.3, -0.25) is 4.90 Å². The van der Waals surface area contributed by atoms with E-state index in [9.17, 15) is 9.59 Å². The fourth-order valence-electron chi connectivity index (χ4n) is 2.86. The summed E-state index contributed by atoms with van der Waals surface area (Å²) in [6.45, 7) is 5.03. The molecule has 0 aliphatic carbocycles. The number of carbonyl (C=O) groups is 4. The highest BCUT2D eigenvalue weighted by Gasteiger charge is 2.31. The summed E-state index contributed by atoms with van der Waals surface area (Å²) in [5.74, 6) is -4.04. The Morgan fingerprint density at radius 3 is 2.32 bits per heavy atom. The minimum absolute atomic E-state index is 0.290. The Labute approximate surface area is 184 Å². The average molecular weight is 456 g/mol. The topological polar surface area (TPSA) is 145 Å². The van der Waals surface area contributed by atoms with Gasteiger partial charge in [0, 0.05) is 23.8 Å². The summed E-state index contributed by atoms with van der Waals surface area (Å²) in [5.41, 5.74) is 2.13. The molecule has 170 valence electrons. The predicted molar refractivity (Wildman–Crippen MR) is 112 cm³/mol. The van der Waals surface area contributed by atoms with E-state index in [-0.39, 0.29) is 12.1 Å². The highest BCUT2D eigenvalue weighted by atomic mass is 35.5. The van der Waals surface area contributed by atoms with Gasteiger partial charge in [0.15, 0.2) is 0 Å². The number of amides is 2. The first kappa shape index (κ1) is 25.9. The van der Waals surface area contributed by atoms with Crippen molar-refractivity contribution in [1.82, 2.24) is 15.5 Å². The molecule has 1 unspecified atom stereocenters. The number of nitrogens with one attached hydrogen (secondary N) is 2. The van der Waals surface area contributed by atoms with Crippen LogP contribution in [-0.2, 0) is 25.7 Å². The second kappa shape index (κ2) is 12.6. The number of carboxylic acid groups (broad SMARTS) is 2. The molecule has 4 N–H and O–H groups in total. The largest absolute Gasteiger partial charge is 0.473 e. The highest BCUT2D eigenvalue weighted by molar-refractivity contribution is 6.30. The number of nitrogens with zero attached hydrogens (tertiary/aromatic N) is 1. The van der Waals surface area contributed by atoms with Crippen molar-refractivity contribution < 1.29 is 34.1 Å². The van der Waals surface area contributed by atoms with Gasteiger partial charge in [-0.15, -0.1) is 0 Å². The number of aliphatic carboxylic acids is 2. The molecule has 0 fully saturated rings. The van der Waals surface area contributed by atoms with E-state index in [1.807, 2.05) is 43.1 Å². The second-order valence-corrected chi connectivity index (χ2v) is 7.02. The molecule has 0 bridgehead atoms. The van der Waals surface area contributed by atoms with Crippen LogP contribution in [0.15, 0.2) is 35.5 Å². The first-order chi connectivity index (χ1) is 14.6. The van der Waals surface area contributed by atoms with Crippen molar-refractivity contribution in [3.63, 3.8) is 0 Å². The number of rotatable bonds is 7. The van der Waals surface area contributed by atoms with Crippen molar-refractivity contribution in [2.75, 3.05) is 20.2 Å². The molecular weight excluding hydrogens is 430 g/mol. The lowest BCUT2D eigenvalue weighted by atomic mass is 10.00. The van der Waals surface area contributed by atoms with Crippen molar-refractivity contribution in [1.29, 1.82) is 0 Å². The van der Waals surface area contributed by atoms with Gasteiger partial charge < -0.3 is 25.6 Å². The van der Waals surface area contributed by atoms with Crippen molar-refractivity contribution >= 4 is 35.5 Å². The average Bonchev–Trinajstić information content (AvgIpc) is 2.67. The van der Waals surface area contributed by atoms with Gasteiger partial charge in [0.05, 0.1) is 18.2 Å². The van der Waals surface area contributed by atoms with E-state index < -0.39 is 17.9 Å². The van der Waals surface area contributed by atoms with Crippen LogP contribution in [0.5, 0.6) is 0 Å². The monoisotopic (exact) mass is 455 g/mol. The maximum absolute atomic E-state index is 12.4. The molecular formula is C20H26ClN3O7. The van der Waals surface area contributed by atoms with Gasteiger partial charge in [0.2, 0.25) is 0 Å². The van der Waals surface area contributed by atoms with E-state index in [0.717, 1.165) is 5.56 Å². The van der Waals surface area contributed by atoms with Crippen molar-refractivity contribution in [3.8, 4) is 0 Å². The maximum atomic E-state index is 12.4. The lowest BCUT2D eigenvalue weighted by molar-refractivity contribution is -0.159. The summed E-state index contributed by atoms with van der Waals surface area (Å²) in [4.78, 5) is 44.5. The summed E-state index contributed by atoms with van der Waals surface area (Å²) in [6.07, 6.45) is 0.614. The van der Waals surface area contributed by atoms with Gasteiger partial charge >= 0.3 is 23.9 Å². The van der Waals surface area contributed by atoms with Crippen LogP contribution in [0.2, 0.25) is 5.02 Å². The van der Waals surface area contributed by atoms with E-state index in [1.165, 1.54) is 0 Å². The van der Waals surface area contributed by atoms with Crippen molar-refractivity contribution in [3.05, 3.63) is 46.1 Å². The van der Waals surface area contributed by atoms with E-state index in [4.69, 9.17) is 36.1 Å². The van der Waals surface area contributed by atoms with Gasteiger partial charge in [0.25, 0.3) is 0 Å². The summed E-state index contributed by atoms with van der Waals surface area (Å²) >= 11 is 6.02. The van der Waals surface area contributed by atoms with Crippen LogP contribution in [0, 0.1) is 0 Å². The number of carboxylic acids is 2. The molecule has 1 aromatic rings. The van der Waals surface area contributed by atoms with Crippen LogP contribution in [-0.4, -0.2) is 65.3 Å². The molecule has 31 heavy (non-hydrogen) atoms. The normalized spacial score (nSPS) is 15.4. The predicted octanol–water partition coefficient (Wildman–Crippen LogP) is 1.84. The van der Waals surface area contributed by atoms with E-state index >= 15 is 0 Å². The summed E-state index contributed by atoms with van der Waals surface area (Å²) in [5, 5.41) is 21.0. The first-order valence-electron chi connectivity index (χ1n) is 9.45. The molecule has 0 radical (unpaired) electrons. The van der Waals surface area contributed by atoms with Gasteiger partial charge in [-0.1, -0.05) is 30.7 Å². The zero-order chi connectivity index (χ0) is 23.6. The number of hydrogen-bond donors (Lipinski definition) is 4. The van der Waals surface area contributed by atoms with Crippen LogP contribution < -0.4 is 10.6 Å². The lowest BCUT2D eigenvalue weighted by Gasteiger charge is -2.30. The van der Waals surface area contributed by atoms with Crippen LogP contribution in [0.1, 0.15) is 25.8 Å². The van der Waals surface area contributed by atoms with Crippen LogP contribution in [0.25, 0.3) is 0 Å². The molecule has 0 aromatic heterocycles. The minimum Gasteiger partial charge on any atom is -0.473 e. The Bertz CT molecular complexity index is 845. The van der Waals surface area contributed by atoms with E-state index in [0.29, 0.717) is 42.4 Å². The van der Waals surface area contributed by atoms with Crippen LogP contribution >= 0.6 is 11.6 Å². The van der Waals surface area contributed by atoms with Crippen LogP contribution in [0.4, 0.5) is 4.79 Å². The molecule has 1 heterocycles. The Morgan fingerprint density at radius 2 is 1.81 bits per heavy atom. The number of likely N-dealkylation sites (N-methyl/N-ethyl adjacent to an activating group) is 1. The molecule has 1 aliphatic heterocycles. The number of carbonyl (C=O) groups excluding carboxylic acids is 2. The molecule has 1 atom stereocenters. The third-order valence-corrected chi connectivity index (χ3v) is 4.33. The van der Waals surface area contributed by atoms with Crippen molar-refractivity contribution in [2.24, 2.45) is 0 Å². The molecule has 1 aliphatic rings. The number of hydrogen-bond acceptors (Lipinski definition) is 6. The number of benzene rings is 1. The summed E-state index contributed by atoms with van der Waals surface area (Å²) in [6, 6.07) is 6.96. The third-order valence-electron chi connectivity index (χ3n) is 4.10. The molecule has 0 spiro atoms. The van der Waals surface area contributed by atoms with Gasteiger partial charge in [-0.05, 0) is 38.1 Å². The van der Waals surface area contributed by atoms with Crippen LogP contribution in [0.3, 0.4) is 0 Å². The Balaban J connectivity index is 0.000000703. The fraction of sp³-hybridized carbons (Fsp3) is 0.400. The Kier molecular flexibility index (Phi) is 10.5. The Morgan fingerprint density at radius 1 is 1.16 bits per heavy atom. The van der Waals surface area contributed by atoms with Crippen molar-refractivity contribution in [2.45, 2.75) is 32.9 Å². The fourth-order valence-corrected chi connectivity index (χ4v) is 3.07. The maximum Gasteiger partial charge on any atom is 0.414 e. The quantitative estimate of drug-likeness (QED) is 0.360. The van der Waals surface area contributed by atoms with Gasteiger partial charge in [0.1, 0.15) is 0 Å². The first-order valence-corrected chi connectivity index (χ1v) is 9.83. The second-order valence-electron chi connectivity index (χ2n) is 6.58.